The third-order valence-corrected chi connectivity index (χ3v) is 4.25. The van der Waals surface area contributed by atoms with Crippen LogP contribution in [0.15, 0.2) is 18.2 Å². The summed E-state index contributed by atoms with van der Waals surface area (Å²) in [4.78, 5) is 2.41. The highest BCUT2D eigenvalue weighted by Gasteiger charge is 2.25. The molecule has 1 aromatic rings. The molecule has 4 heteroatoms. The van der Waals surface area contributed by atoms with E-state index < -0.39 is 0 Å². The predicted octanol–water partition coefficient (Wildman–Crippen LogP) is 3.36. The van der Waals surface area contributed by atoms with Crippen LogP contribution in [0.2, 0.25) is 0 Å². The molecule has 1 heterocycles. The number of benzene rings is 1. The summed E-state index contributed by atoms with van der Waals surface area (Å²) in [7, 11) is 1.53. The maximum absolute atomic E-state index is 14.6. The van der Waals surface area contributed by atoms with Gasteiger partial charge in [0.05, 0.1) is 7.11 Å². The SMILES string of the molecule is CCCCC[C@@H](c1cccc(OC)c1F)N1CCNCC1. The maximum atomic E-state index is 14.6. The van der Waals surface area contributed by atoms with E-state index in [1.54, 1.807) is 6.07 Å². The Morgan fingerprint density at radius 1 is 1.29 bits per heavy atom. The fraction of sp³-hybridized carbons (Fsp3) is 0.647. The Kier molecular flexibility index (Phi) is 6.46. The van der Waals surface area contributed by atoms with Gasteiger partial charge in [0.25, 0.3) is 0 Å². The quantitative estimate of drug-likeness (QED) is 0.780. The molecule has 1 aromatic carbocycles. The van der Waals surface area contributed by atoms with E-state index in [-0.39, 0.29) is 11.9 Å². The molecular weight excluding hydrogens is 267 g/mol. The molecule has 0 spiro atoms. The van der Waals surface area contributed by atoms with Crippen LogP contribution in [0.3, 0.4) is 0 Å². The Labute approximate surface area is 127 Å². The summed E-state index contributed by atoms with van der Waals surface area (Å²) in [6, 6.07) is 5.66. The van der Waals surface area contributed by atoms with E-state index in [0.717, 1.165) is 44.6 Å². The molecule has 2 rings (SSSR count). The third-order valence-electron chi connectivity index (χ3n) is 4.25. The zero-order valence-electron chi connectivity index (χ0n) is 13.2. The molecular formula is C17H27FN2O. The van der Waals surface area contributed by atoms with Crippen LogP contribution in [-0.4, -0.2) is 38.2 Å². The predicted molar refractivity (Wildman–Crippen MR) is 84.3 cm³/mol. The van der Waals surface area contributed by atoms with Gasteiger partial charge in [-0.3, -0.25) is 4.90 Å². The molecule has 1 aliphatic heterocycles. The van der Waals surface area contributed by atoms with Crippen LogP contribution in [0.1, 0.15) is 44.2 Å². The summed E-state index contributed by atoms with van der Waals surface area (Å²) in [5.41, 5.74) is 0.785. The van der Waals surface area contributed by atoms with E-state index >= 15 is 0 Å². The second-order valence-corrected chi connectivity index (χ2v) is 5.66. The van der Waals surface area contributed by atoms with Gasteiger partial charge in [0.15, 0.2) is 11.6 Å². The molecule has 118 valence electrons. The first-order valence-electron chi connectivity index (χ1n) is 8.05. The minimum Gasteiger partial charge on any atom is -0.494 e. The topological polar surface area (TPSA) is 24.5 Å². The van der Waals surface area contributed by atoms with Gasteiger partial charge in [0, 0.05) is 37.8 Å². The molecule has 0 saturated carbocycles. The fourth-order valence-electron chi connectivity index (χ4n) is 3.06. The van der Waals surface area contributed by atoms with Crippen LogP contribution >= 0.6 is 0 Å². The first-order valence-corrected chi connectivity index (χ1v) is 8.05. The Balaban J connectivity index is 2.20. The fourth-order valence-corrected chi connectivity index (χ4v) is 3.06. The van der Waals surface area contributed by atoms with Crippen LogP contribution in [0.5, 0.6) is 5.75 Å². The Morgan fingerprint density at radius 3 is 2.71 bits per heavy atom. The molecule has 0 bridgehead atoms. The van der Waals surface area contributed by atoms with Crippen molar-refractivity contribution in [3.63, 3.8) is 0 Å². The van der Waals surface area contributed by atoms with Crippen molar-refractivity contribution in [1.82, 2.24) is 10.2 Å². The normalized spacial score (nSPS) is 17.7. The number of piperazine rings is 1. The van der Waals surface area contributed by atoms with Gasteiger partial charge in [0.1, 0.15) is 0 Å². The standard InChI is InChI=1S/C17H27FN2O/c1-3-4-5-8-15(20-12-10-19-11-13-20)14-7-6-9-16(21-2)17(14)18/h6-7,9,15,19H,3-5,8,10-13H2,1-2H3/t15-/m0/s1. The zero-order chi connectivity index (χ0) is 15.1. The molecule has 1 atom stereocenters. The summed E-state index contributed by atoms with van der Waals surface area (Å²) < 4.78 is 19.8. The minimum atomic E-state index is -0.194. The number of nitrogens with one attached hydrogen (secondary N) is 1. The lowest BCUT2D eigenvalue weighted by Gasteiger charge is -2.35. The summed E-state index contributed by atoms with van der Waals surface area (Å²) in [6.07, 6.45) is 4.54. The van der Waals surface area contributed by atoms with Crippen LogP contribution in [-0.2, 0) is 0 Å². The maximum Gasteiger partial charge on any atom is 0.169 e. The van der Waals surface area contributed by atoms with Gasteiger partial charge in [-0.05, 0) is 12.5 Å². The molecule has 0 unspecified atom stereocenters. The van der Waals surface area contributed by atoms with Crippen molar-refractivity contribution in [2.75, 3.05) is 33.3 Å². The molecule has 1 fully saturated rings. The molecule has 3 nitrogen and oxygen atoms in total. The smallest absolute Gasteiger partial charge is 0.169 e. The highest BCUT2D eigenvalue weighted by atomic mass is 19.1. The van der Waals surface area contributed by atoms with E-state index in [0.29, 0.717) is 5.75 Å². The average molecular weight is 294 g/mol. The van der Waals surface area contributed by atoms with Gasteiger partial charge in [-0.15, -0.1) is 0 Å². The molecule has 0 amide bonds. The third kappa shape index (κ3) is 4.17. The zero-order valence-corrected chi connectivity index (χ0v) is 13.2. The Bertz CT molecular complexity index is 433. The van der Waals surface area contributed by atoms with Crippen LogP contribution in [0, 0.1) is 5.82 Å². The van der Waals surface area contributed by atoms with Crippen molar-refractivity contribution in [1.29, 1.82) is 0 Å². The number of methoxy groups -OCH3 is 1. The number of rotatable bonds is 7. The molecule has 1 saturated heterocycles. The van der Waals surface area contributed by atoms with E-state index in [4.69, 9.17) is 4.74 Å². The monoisotopic (exact) mass is 294 g/mol. The molecule has 0 aliphatic carbocycles. The summed E-state index contributed by atoms with van der Waals surface area (Å²) >= 11 is 0. The first-order chi connectivity index (χ1) is 10.3. The van der Waals surface area contributed by atoms with Crippen molar-refractivity contribution < 1.29 is 9.13 Å². The lowest BCUT2D eigenvalue weighted by Crippen LogP contribution is -2.45. The minimum absolute atomic E-state index is 0.161. The summed E-state index contributed by atoms with van der Waals surface area (Å²) in [5, 5.41) is 3.37. The van der Waals surface area contributed by atoms with Gasteiger partial charge in [-0.1, -0.05) is 38.3 Å². The van der Waals surface area contributed by atoms with Gasteiger partial charge < -0.3 is 10.1 Å². The number of halogens is 1. The summed E-state index contributed by atoms with van der Waals surface area (Å²) in [6.45, 7) is 6.12. The Hall–Kier alpha value is -1.13. The van der Waals surface area contributed by atoms with Crippen molar-refractivity contribution in [3.05, 3.63) is 29.6 Å². The second-order valence-electron chi connectivity index (χ2n) is 5.66. The molecule has 0 aromatic heterocycles. The first kappa shape index (κ1) is 16.2. The second kappa shape index (κ2) is 8.35. The molecule has 1 N–H and O–H groups in total. The molecule has 0 radical (unpaired) electrons. The van der Waals surface area contributed by atoms with Crippen LogP contribution in [0.25, 0.3) is 0 Å². The highest BCUT2D eigenvalue weighted by molar-refractivity contribution is 5.33. The lowest BCUT2D eigenvalue weighted by atomic mass is 9.97. The van der Waals surface area contributed by atoms with E-state index in [1.807, 2.05) is 12.1 Å². The molecule has 21 heavy (non-hydrogen) atoms. The van der Waals surface area contributed by atoms with Crippen molar-refractivity contribution in [2.24, 2.45) is 0 Å². The number of ether oxygens (including phenoxy) is 1. The Morgan fingerprint density at radius 2 is 2.05 bits per heavy atom. The van der Waals surface area contributed by atoms with Crippen molar-refractivity contribution >= 4 is 0 Å². The van der Waals surface area contributed by atoms with Gasteiger partial charge in [0.2, 0.25) is 0 Å². The number of nitrogens with zero attached hydrogens (tertiary/aromatic N) is 1. The largest absolute Gasteiger partial charge is 0.494 e. The van der Waals surface area contributed by atoms with E-state index in [2.05, 4.69) is 17.1 Å². The number of hydrogen-bond acceptors (Lipinski definition) is 3. The lowest BCUT2D eigenvalue weighted by molar-refractivity contribution is 0.159. The number of unbranched alkanes of at least 4 members (excludes halogenated alkanes) is 2. The van der Waals surface area contributed by atoms with Crippen molar-refractivity contribution in [2.45, 2.75) is 38.6 Å². The number of hydrogen-bond donors (Lipinski definition) is 1. The summed E-state index contributed by atoms with van der Waals surface area (Å²) in [5.74, 6) is 0.156. The van der Waals surface area contributed by atoms with E-state index in [1.165, 1.54) is 20.0 Å². The average Bonchev–Trinajstić information content (AvgIpc) is 2.53. The van der Waals surface area contributed by atoms with Crippen LogP contribution < -0.4 is 10.1 Å². The van der Waals surface area contributed by atoms with E-state index in [9.17, 15) is 4.39 Å². The molecule has 1 aliphatic rings. The highest BCUT2D eigenvalue weighted by Crippen LogP contribution is 2.32. The van der Waals surface area contributed by atoms with Crippen molar-refractivity contribution in [3.8, 4) is 5.75 Å². The van der Waals surface area contributed by atoms with Crippen LogP contribution in [0.4, 0.5) is 4.39 Å². The van der Waals surface area contributed by atoms with Gasteiger partial charge >= 0.3 is 0 Å². The van der Waals surface area contributed by atoms with Gasteiger partial charge in [-0.2, -0.15) is 0 Å². The van der Waals surface area contributed by atoms with Gasteiger partial charge in [-0.25, -0.2) is 4.39 Å².